The van der Waals surface area contributed by atoms with Crippen LogP contribution >= 0.6 is 11.3 Å². The monoisotopic (exact) mass is 449 g/mol. The van der Waals surface area contributed by atoms with Crippen molar-refractivity contribution < 1.29 is 22.7 Å². The number of likely N-dealkylation sites (N-methyl/N-ethyl adjacent to an activating group) is 1. The lowest BCUT2D eigenvalue weighted by Crippen LogP contribution is -2.36. The van der Waals surface area contributed by atoms with Gasteiger partial charge in [-0.25, -0.2) is 0 Å². The average Bonchev–Trinajstić information content (AvgIpc) is 3.27. The maximum atomic E-state index is 13.2. The van der Waals surface area contributed by atoms with Crippen molar-refractivity contribution in [2.75, 3.05) is 20.1 Å². The van der Waals surface area contributed by atoms with E-state index in [4.69, 9.17) is 4.74 Å². The molecule has 1 aliphatic rings. The third kappa shape index (κ3) is 4.67. The molecule has 1 saturated heterocycles. The minimum atomic E-state index is -4.55. The number of fused-ring (bicyclic) bond motifs is 1. The number of aryl methyl sites for hydroxylation is 1. The zero-order valence-corrected chi connectivity index (χ0v) is 17.9. The van der Waals surface area contributed by atoms with Crippen molar-refractivity contribution in [2.24, 2.45) is 0 Å². The van der Waals surface area contributed by atoms with Crippen LogP contribution in [0.1, 0.15) is 32.9 Å². The molecular weight excluding hydrogens is 427 g/mol. The lowest BCUT2D eigenvalue weighted by atomic mass is 10.1. The quantitative estimate of drug-likeness (QED) is 0.617. The molecule has 4 rings (SSSR count). The second kappa shape index (κ2) is 8.47. The molecule has 1 amide bonds. The van der Waals surface area contributed by atoms with Gasteiger partial charge >= 0.3 is 6.18 Å². The molecule has 0 spiro atoms. The Kier molecular flexibility index (Phi) is 5.90. The summed E-state index contributed by atoms with van der Waals surface area (Å²) >= 11 is 1.51. The lowest BCUT2D eigenvalue weighted by Gasteiger charge is -2.14. The lowest BCUT2D eigenvalue weighted by molar-refractivity contribution is -0.142. The molecule has 1 aliphatic heterocycles. The summed E-state index contributed by atoms with van der Waals surface area (Å²) in [5, 5.41) is 3.84. The van der Waals surface area contributed by atoms with Gasteiger partial charge in [0.1, 0.15) is 12.4 Å². The SMILES string of the molecule is Cc1sc2ccc(OCc3cccnc3C(F)(F)F)cc2c1C(=O)NC1CCN(C)C1. The molecule has 3 heterocycles. The molecule has 1 aromatic carbocycles. The van der Waals surface area contributed by atoms with E-state index in [2.05, 4.69) is 15.2 Å². The van der Waals surface area contributed by atoms with Gasteiger partial charge in [0.2, 0.25) is 0 Å². The molecule has 0 aliphatic carbocycles. The molecule has 31 heavy (non-hydrogen) atoms. The first-order valence-corrected chi connectivity index (χ1v) is 10.7. The van der Waals surface area contributed by atoms with Gasteiger partial charge in [0.05, 0.1) is 5.56 Å². The van der Waals surface area contributed by atoms with Gasteiger partial charge < -0.3 is 15.0 Å². The molecule has 1 N–H and O–H groups in total. The zero-order valence-electron chi connectivity index (χ0n) is 17.1. The van der Waals surface area contributed by atoms with Crippen LogP contribution in [0.25, 0.3) is 10.1 Å². The summed E-state index contributed by atoms with van der Waals surface area (Å²) in [5.41, 5.74) is -0.402. The van der Waals surface area contributed by atoms with E-state index in [0.29, 0.717) is 11.3 Å². The van der Waals surface area contributed by atoms with E-state index in [-0.39, 0.29) is 24.1 Å². The maximum Gasteiger partial charge on any atom is 0.433 e. The summed E-state index contributed by atoms with van der Waals surface area (Å²) in [6.07, 6.45) is -2.53. The van der Waals surface area contributed by atoms with E-state index in [1.54, 1.807) is 12.1 Å². The number of nitrogens with zero attached hydrogens (tertiary/aromatic N) is 2. The van der Waals surface area contributed by atoms with Crippen LogP contribution in [0, 0.1) is 6.92 Å². The van der Waals surface area contributed by atoms with E-state index in [0.717, 1.165) is 40.7 Å². The Morgan fingerprint density at radius 3 is 2.87 bits per heavy atom. The summed E-state index contributed by atoms with van der Waals surface area (Å²) in [5.74, 6) is 0.268. The number of thiophene rings is 1. The van der Waals surface area contributed by atoms with Crippen molar-refractivity contribution in [1.82, 2.24) is 15.2 Å². The standard InChI is InChI=1S/C22H22F3N3O2S/c1-13-19(21(29)27-15-7-9-28(2)11-15)17-10-16(5-6-18(17)31-13)30-12-14-4-3-8-26-20(14)22(23,24)25/h3-6,8,10,15H,7,9,11-12H2,1-2H3,(H,27,29). The number of ether oxygens (including phenoxy) is 1. The van der Waals surface area contributed by atoms with Crippen LogP contribution in [-0.2, 0) is 12.8 Å². The van der Waals surface area contributed by atoms with Crippen molar-refractivity contribution in [3.05, 3.63) is 58.2 Å². The third-order valence-corrected chi connectivity index (χ3v) is 6.43. The highest BCUT2D eigenvalue weighted by atomic mass is 32.1. The summed E-state index contributed by atoms with van der Waals surface area (Å²) in [7, 11) is 2.02. The van der Waals surface area contributed by atoms with Crippen LogP contribution < -0.4 is 10.1 Å². The second-order valence-corrected chi connectivity index (χ2v) is 8.97. The number of hydrogen-bond donors (Lipinski definition) is 1. The van der Waals surface area contributed by atoms with Crippen molar-refractivity contribution >= 4 is 27.3 Å². The van der Waals surface area contributed by atoms with Gasteiger partial charge in [-0.15, -0.1) is 11.3 Å². The Labute approximate surface area is 181 Å². The maximum absolute atomic E-state index is 13.2. The largest absolute Gasteiger partial charge is 0.489 e. The number of benzene rings is 1. The number of rotatable bonds is 5. The van der Waals surface area contributed by atoms with E-state index < -0.39 is 11.9 Å². The molecule has 3 aromatic rings. The van der Waals surface area contributed by atoms with Crippen LogP contribution in [0.2, 0.25) is 0 Å². The van der Waals surface area contributed by atoms with Crippen LogP contribution in [-0.4, -0.2) is 42.0 Å². The Morgan fingerprint density at radius 2 is 2.16 bits per heavy atom. The van der Waals surface area contributed by atoms with Crippen molar-refractivity contribution in [3.8, 4) is 5.75 Å². The third-order valence-electron chi connectivity index (χ3n) is 5.34. The first-order valence-electron chi connectivity index (χ1n) is 9.89. The molecule has 0 radical (unpaired) electrons. The summed E-state index contributed by atoms with van der Waals surface area (Å²) in [6.45, 7) is 3.38. The minimum absolute atomic E-state index is 0.0417. The molecule has 5 nitrogen and oxygen atoms in total. The number of nitrogens with one attached hydrogen (secondary N) is 1. The predicted octanol–water partition coefficient (Wildman–Crippen LogP) is 4.64. The smallest absolute Gasteiger partial charge is 0.433 e. The Balaban J connectivity index is 1.56. The first kappa shape index (κ1) is 21.6. The number of hydrogen-bond acceptors (Lipinski definition) is 5. The normalized spacial score (nSPS) is 17.3. The highest BCUT2D eigenvalue weighted by molar-refractivity contribution is 7.19. The topological polar surface area (TPSA) is 54.5 Å². The number of alkyl halides is 3. The van der Waals surface area contributed by atoms with Crippen molar-refractivity contribution in [3.63, 3.8) is 0 Å². The Hall–Kier alpha value is -2.65. The molecule has 2 aromatic heterocycles. The molecule has 1 atom stereocenters. The number of carbonyl (C=O) groups excluding carboxylic acids is 1. The van der Waals surface area contributed by atoms with Gasteiger partial charge in [-0.3, -0.25) is 9.78 Å². The van der Waals surface area contributed by atoms with Crippen LogP contribution in [0.4, 0.5) is 13.2 Å². The van der Waals surface area contributed by atoms with E-state index in [1.807, 2.05) is 20.0 Å². The van der Waals surface area contributed by atoms with Gasteiger partial charge in [-0.2, -0.15) is 13.2 Å². The summed E-state index contributed by atoms with van der Waals surface area (Å²) < 4.78 is 46.0. The van der Waals surface area contributed by atoms with Crippen LogP contribution in [0.15, 0.2) is 36.5 Å². The van der Waals surface area contributed by atoms with Gasteiger partial charge in [0.15, 0.2) is 5.69 Å². The fraction of sp³-hybridized carbons (Fsp3) is 0.364. The number of halogens is 3. The van der Waals surface area contributed by atoms with Crippen LogP contribution in [0.5, 0.6) is 5.75 Å². The summed E-state index contributed by atoms with van der Waals surface area (Å²) in [4.78, 5) is 19.5. The van der Waals surface area contributed by atoms with E-state index >= 15 is 0 Å². The number of likely N-dealkylation sites (tertiary alicyclic amines) is 1. The molecule has 0 saturated carbocycles. The molecule has 9 heteroatoms. The Bertz CT molecular complexity index is 1110. The average molecular weight is 449 g/mol. The fourth-order valence-corrected chi connectivity index (χ4v) is 4.89. The van der Waals surface area contributed by atoms with Gasteiger partial charge in [-0.1, -0.05) is 6.07 Å². The predicted molar refractivity (Wildman–Crippen MR) is 114 cm³/mol. The minimum Gasteiger partial charge on any atom is -0.489 e. The van der Waals surface area contributed by atoms with Crippen LogP contribution in [0.3, 0.4) is 0 Å². The highest BCUT2D eigenvalue weighted by Crippen LogP contribution is 2.35. The number of carbonyl (C=O) groups is 1. The fourth-order valence-electron chi connectivity index (χ4n) is 3.85. The summed E-state index contributed by atoms with van der Waals surface area (Å²) in [6, 6.07) is 8.16. The molecule has 164 valence electrons. The van der Waals surface area contributed by atoms with Gasteiger partial charge in [0.25, 0.3) is 5.91 Å². The highest BCUT2D eigenvalue weighted by Gasteiger charge is 2.35. The number of amides is 1. The number of pyridine rings is 1. The Morgan fingerprint density at radius 1 is 1.35 bits per heavy atom. The van der Waals surface area contributed by atoms with E-state index in [9.17, 15) is 18.0 Å². The molecule has 0 bridgehead atoms. The van der Waals surface area contributed by atoms with E-state index in [1.165, 1.54) is 23.5 Å². The molecule has 1 fully saturated rings. The van der Waals surface area contributed by atoms with Crippen molar-refractivity contribution in [1.29, 1.82) is 0 Å². The van der Waals surface area contributed by atoms with Gasteiger partial charge in [0, 0.05) is 39.3 Å². The molecular formula is C22H22F3N3O2S. The second-order valence-electron chi connectivity index (χ2n) is 7.71. The zero-order chi connectivity index (χ0) is 22.2. The van der Waals surface area contributed by atoms with Gasteiger partial charge in [-0.05, 0) is 51.2 Å². The number of aromatic nitrogens is 1. The molecule has 1 unspecified atom stereocenters. The van der Waals surface area contributed by atoms with Crippen molar-refractivity contribution in [2.45, 2.75) is 32.2 Å². The first-order chi connectivity index (χ1) is 14.7.